The van der Waals surface area contributed by atoms with Crippen molar-refractivity contribution in [3.63, 3.8) is 0 Å². The summed E-state index contributed by atoms with van der Waals surface area (Å²) in [7, 11) is 4.58. The van der Waals surface area contributed by atoms with Gasteiger partial charge in [-0.1, -0.05) is 24.3 Å². The van der Waals surface area contributed by atoms with E-state index in [1.54, 1.807) is 21.1 Å². The molecule has 9 nitrogen and oxygen atoms in total. The predicted molar refractivity (Wildman–Crippen MR) is 138 cm³/mol. The molecule has 0 aliphatic heterocycles. The zero-order valence-corrected chi connectivity index (χ0v) is 21.8. The Labute approximate surface area is 216 Å². The van der Waals surface area contributed by atoms with Crippen LogP contribution in [0.1, 0.15) is 46.9 Å². The van der Waals surface area contributed by atoms with E-state index in [1.807, 2.05) is 49.4 Å². The topological polar surface area (TPSA) is 116 Å². The van der Waals surface area contributed by atoms with Gasteiger partial charge in [0.1, 0.15) is 23.6 Å². The number of hydrogen-bond donors (Lipinski definition) is 2. The highest BCUT2D eigenvalue weighted by molar-refractivity contribution is 5.97. The van der Waals surface area contributed by atoms with Crippen LogP contribution >= 0.6 is 0 Å². The van der Waals surface area contributed by atoms with Gasteiger partial charge < -0.3 is 29.4 Å². The molecular formula is C28H32N2O7. The molecule has 0 aliphatic rings. The van der Waals surface area contributed by atoms with Crippen LogP contribution in [0.4, 0.5) is 0 Å². The number of ether oxygens (including phenoxy) is 4. The van der Waals surface area contributed by atoms with Gasteiger partial charge in [0.05, 0.1) is 21.3 Å². The number of benzene rings is 2. The van der Waals surface area contributed by atoms with Crippen molar-refractivity contribution >= 4 is 11.9 Å². The maximum Gasteiger partial charge on any atom is 0.328 e. The lowest BCUT2D eigenvalue weighted by Gasteiger charge is -2.27. The van der Waals surface area contributed by atoms with Crippen molar-refractivity contribution in [2.24, 2.45) is 0 Å². The first-order valence-corrected chi connectivity index (χ1v) is 11.7. The maximum absolute atomic E-state index is 13.0. The second-order valence-electron chi connectivity index (χ2n) is 8.53. The van der Waals surface area contributed by atoms with E-state index < -0.39 is 29.8 Å². The van der Waals surface area contributed by atoms with E-state index in [9.17, 15) is 14.7 Å². The quantitative estimate of drug-likeness (QED) is 0.395. The number of aromatic hydroxyl groups is 1. The predicted octanol–water partition coefficient (Wildman–Crippen LogP) is 4.00. The number of aromatic nitrogens is 1. The molecule has 0 saturated heterocycles. The molecule has 9 heteroatoms. The van der Waals surface area contributed by atoms with Crippen LogP contribution < -0.4 is 19.5 Å². The maximum atomic E-state index is 13.0. The van der Waals surface area contributed by atoms with Crippen LogP contribution in [0, 0.1) is 6.92 Å². The lowest BCUT2D eigenvalue weighted by Crippen LogP contribution is -2.41. The van der Waals surface area contributed by atoms with Crippen LogP contribution in [-0.2, 0) is 9.53 Å². The number of amides is 1. The van der Waals surface area contributed by atoms with Crippen LogP contribution in [0.3, 0.4) is 0 Å². The Kier molecular flexibility index (Phi) is 8.95. The summed E-state index contributed by atoms with van der Waals surface area (Å²) in [6.07, 6.45) is 0.742. The average Bonchev–Trinajstić information content (AvgIpc) is 2.89. The Morgan fingerprint density at radius 2 is 1.54 bits per heavy atom. The van der Waals surface area contributed by atoms with Gasteiger partial charge in [-0.3, -0.25) is 4.79 Å². The van der Waals surface area contributed by atoms with Gasteiger partial charge in [-0.05, 0) is 55.7 Å². The summed E-state index contributed by atoms with van der Waals surface area (Å²) in [5, 5.41) is 12.7. The van der Waals surface area contributed by atoms with E-state index in [1.165, 1.54) is 26.3 Å². The average molecular weight is 509 g/mol. The number of esters is 1. The smallest absolute Gasteiger partial charge is 0.328 e. The molecule has 0 aliphatic carbocycles. The minimum atomic E-state index is -1.00. The highest BCUT2D eigenvalue weighted by atomic mass is 16.5. The highest BCUT2D eigenvalue weighted by Gasteiger charge is 2.29. The van der Waals surface area contributed by atoms with Gasteiger partial charge in [0, 0.05) is 18.2 Å². The van der Waals surface area contributed by atoms with Crippen molar-refractivity contribution in [3.8, 4) is 23.0 Å². The van der Waals surface area contributed by atoms with Crippen molar-refractivity contribution in [1.82, 2.24) is 10.3 Å². The number of methoxy groups -OCH3 is 3. The van der Waals surface area contributed by atoms with Crippen molar-refractivity contribution in [2.75, 3.05) is 21.3 Å². The zero-order chi connectivity index (χ0) is 27.1. The molecule has 1 heterocycles. The Morgan fingerprint density at radius 3 is 2.14 bits per heavy atom. The molecule has 1 amide bonds. The van der Waals surface area contributed by atoms with E-state index in [-0.39, 0.29) is 17.4 Å². The fraction of sp³-hybridized carbons (Fsp3) is 0.321. The monoisotopic (exact) mass is 508 g/mol. The fourth-order valence-corrected chi connectivity index (χ4v) is 4.09. The number of aryl methyl sites for hydroxylation is 1. The lowest BCUT2D eigenvalue weighted by molar-refractivity contribution is -0.150. The molecule has 1 unspecified atom stereocenters. The first kappa shape index (κ1) is 27.3. The van der Waals surface area contributed by atoms with E-state index in [0.717, 1.165) is 22.4 Å². The first-order chi connectivity index (χ1) is 17.7. The second kappa shape index (κ2) is 12.1. The van der Waals surface area contributed by atoms with Crippen molar-refractivity contribution < 1.29 is 33.6 Å². The summed E-state index contributed by atoms with van der Waals surface area (Å²) in [4.78, 5) is 29.5. The third kappa shape index (κ3) is 6.30. The summed E-state index contributed by atoms with van der Waals surface area (Å²) in [6.45, 7) is 5.25. The molecule has 196 valence electrons. The summed E-state index contributed by atoms with van der Waals surface area (Å²) >= 11 is 0. The van der Waals surface area contributed by atoms with Gasteiger partial charge in [-0.2, -0.15) is 0 Å². The standard InChI is InChI=1S/C28H32N2O7/c1-16-15-20(9-12-22(16)35-5)24(19-7-10-21(34-4)11-8-19)18(3)37-28(33)17(2)30-27(32)25-26(31)23(36-6)13-14-29-25/h7-15,17-18,24,31H,1-6H3,(H,30,32)/t17-,18-,24?/m0/s1. The second-order valence-corrected chi connectivity index (χ2v) is 8.53. The lowest BCUT2D eigenvalue weighted by atomic mass is 9.86. The Bertz CT molecular complexity index is 1240. The van der Waals surface area contributed by atoms with Crippen LogP contribution in [0.15, 0.2) is 54.7 Å². The van der Waals surface area contributed by atoms with Crippen LogP contribution in [0.2, 0.25) is 0 Å². The minimum absolute atomic E-state index is 0.0983. The Morgan fingerprint density at radius 1 is 0.892 bits per heavy atom. The third-order valence-corrected chi connectivity index (χ3v) is 6.05. The SMILES string of the molecule is COc1ccc(C(c2ccc(OC)c(C)c2)[C@H](C)OC(=O)[C@H](C)NC(=O)c2nccc(OC)c2O)cc1. The van der Waals surface area contributed by atoms with Crippen molar-refractivity contribution in [3.05, 3.63) is 77.1 Å². The summed E-state index contributed by atoms with van der Waals surface area (Å²) in [5.41, 5.74) is 2.55. The molecule has 3 aromatic rings. The van der Waals surface area contributed by atoms with Crippen molar-refractivity contribution in [1.29, 1.82) is 0 Å². The molecular weight excluding hydrogens is 476 g/mol. The Balaban J connectivity index is 1.81. The number of nitrogens with zero attached hydrogens (tertiary/aromatic N) is 1. The zero-order valence-electron chi connectivity index (χ0n) is 21.8. The summed E-state index contributed by atoms with van der Waals surface area (Å²) in [5.74, 6) is -0.507. The first-order valence-electron chi connectivity index (χ1n) is 11.7. The molecule has 37 heavy (non-hydrogen) atoms. The molecule has 0 saturated carbocycles. The van der Waals surface area contributed by atoms with E-state index in [2.05, 4.69) is 10.3 Å². The normalized spacial score (nSPS) is 13.1. The molecule has 3 rings (SSSR count). The number of hydrogen-bond acceptors (Lipinski definition) is 8. The van der Waals surface area contributed by atoms with Gasteiger partial charge in [0.2, 0.25) is 0 Å². The van der Waals surface area contributed by atoms with Crippen LogP contribution in [0.5, 0.6) is 23.0 Å². The van der Waals surface area contributed by atoms with E-state index >= 15 is 0 Å². The van der Waals surface area contributed by atoms with Gasteiger partial charge >= 0.3 is 5.97 Å². The van der Waals surface area contributed by atoms with E-state index in [4.69, 9.17) is 18.9 Å². The number of pyridine rings is 1. The van der Waals surface area contributed by atoms with Gasteiger partial charge in [-0.15, -0.1) is 0 Å². The fourth-order valence-electron chi connectivity index (χ4n) is 4.09. The number of carbonyl (C=O) groups excluding carboxylic acids is 2. The summed E-state index contributed by atoms with van der Waals surface area (Å²) in [6, 6.07) is 13.8. The van der Waals surface area contributed by atoms with Crippen molar-refractivity contribution in [2.45, 2.75) is 38.8 Å². The minimum Gasteiger partial charge on any atom is -0.503 e. The molecule has 0 radical (unpaired) electrons. The number of nitrogens with one attached hydrogen (secondary N) is 1. The largest absolute Gasteiger partial charge is 0.503 e. The number of carbonyl (C=O) groups is 2. The molecule has 3 atom stereocenters. The van der Waals surface area contributed by atoms with E-state index in [0.29, 0.717) is 5.75 Å². The van der Waals surface area contributed by atoms with Gasteiger partial charge in [0.15, 0.2) is 17.2 Å². The molecule has 0 fully saturated rings. The molecule has 0 bridgehead atoms. The van der Waals surface area contributed by atoms with Gasteiger partial charge in [-0.25, -0.2) is 9.78 Å². The van der Waals surface area contributed by atoms with Gasteiger partial charge in [0.25, 0.3) is 5.91 Å². The number of rotatable bonds is 10. The highest BCUT2D eigenvalue weighted by Crippen LogP contribution is 2.34. The van der Waals surface area contributed by atoms with Crippen LogP contribution in [0.25, 0.3) is 0 Å². The molecule has 2 N–H and O–H groups in total. The van der Waals surface area contributed by atoms with Crippen LogP contribution in [-0.4, -0.2) is 55.4 Å². The Hall–Kier alpha value is -4.27. The molecule has 2 aromatic carbocycles. The molecule has 0 spiro atoms. The summed E-state index contributed by atoms with van der Waals surface area (Å²) < 4.78 is 21.5. The third-order valence-electron chi connectivity index (χ3n) is 6.05. The molecule has 1 aromatic heterocycles.